The number of hydrogen-bond donors (Lipinski definition) is 4. The van der Waals surface area contributed by atoms with Gasteiger partial charge in [-0.15, -0.1) is 4.40 Å². The Hall–Kier alpha value is -4.97. The second-order valence-electron chi connectivity index (χ2n) is 17.2. The summed E-state index contributed by atoms with van der Waals surface area (Å²) in [7, 11) is -1.78. The predicted octanol–water partition coefficient (Wildman–Crippen LogP) is 7.24. The first-order valence-electron chi connectivity index (χ1n) is 21.2. The number of carbonyl (C=O) groups is 4. The maximum Gasteiger partial charge on any atom is 0.407 e. The van der Waals surface area contributed by atoms with Gasteiger partial charge in [-0.05, 0) is 84.0 Å². The Kier molecular flexibility index (Phi) is 17.8. The molecule has 2 fully saturated rings. The quantitative estimate of drug-likeness (QED) is 0.125. The number of sulfonamides is 1. The number of aromatic nitrogens is 2. The summed E-state index contributed by atoms with van der Waals surface area (Å²) in [6.45, 7) is 8.00. The highest BCUT2D eigenvalue weighted by atomic mass is 32.2. The SMILES string of the molecule is COC(=O)N[C@H](C(=O)N1CCC[C@H]1C1=NS(=O)(=O)c2ccc(-c3ccc4c(c3)C(F)(F)c3cc(-c5cnc([C@@H]6CCCN6C(=O)[C@@H](NC(=O)OC)C(C)C)[nH]5)ccc3-4)cc2N1)C(C)C.S.S.S.S. The number of benzene rings is 3. The van der Waals surface area contributed by atoms with E-state index in [9.17, 15) is 27.6 Å². The molecule has 4 aliphatic rings. The number of methoxy groups -OCH3 is 2. The summed E-state index contributed by atoms with van der Waals surface area (Å²) in [5.41, 5.74) is 2.42. The number of carbonyl (C=O) groups excluding carboxylic acids is 4. The number of alkyl carbamates (subject to hydrolysis) is 2. The molecule has 0 radical (unpaired) electrons. The van der Waals surface area contributed by atoms with Gasteiger partial charge in [-0.2, -0.15) is 71.2 Å². The molecule has 0 saturated carbocycles. The summed E-state index contributed by atoms with van der Waals surface area (Å²) in [6.07, 6.45) is 2.44. The van der Waals surface area contributed by atoms with Crippen molar-refractivity contribution in [3.05, 3.63) is 77.7 Å². The van der Waals surface area contributed by atoms with Crippen LogP contribution in [0.2, 0.25) is 0 Å². The average molecular weight is 1040 g/mol. The van der Waals surface area contributed by atoms with E-state index in [1.54, 1.807) is 61.3 Å². The Morgan fingerprint density at radius 1 is 0.735 bits per heavy atom. The van der Waals surface area contributed by atoms with Crippen LogP contribution in [0.15, 0.2) is 70.1 Å². The van der Waals surface area contributed by atoms with Gasteiger partial charge in [-0.1, -0.05) is 58.0 Å². The number of hydrogen-bond acceptors (Lipinski definition) is 10. The number of rotatable bonds is 10. The molecule has 3 aliphatic heterocycles. The molecule has 0 bridgehead atoms. The van der Waals surface area contributed by atoms with Gasteiger partial charge < -0.3 is 40.2 Å². The second-order valence-corrected chi connectivity index (χ2v) is 18.7. The second kappa shape index (κ2) is 21.8. The number of nitrogens with zero attached hydrogens (tertiary/aromatic N) is 4. The summed E-state index contributed by atoms with van der Waals surface area (Å²) in [6, 6.07) is 11.3. The summed E-state index contributed by atoms with van der Waals surface area (Å²) in [4.78, 5) is 62.4. The van der Waals surface area contributed by atoms with E-state index in [2.05, 4.69) is 30.3 Å². The molecule has 0 spiro atoms. The fourth-order valence-corrected chi connectivity index (χ4v) is 10.3. The maximum atomic E-state index is 16.6. The topological polar surface area (TPSA) is 204 Å². The molecule has 68 heavy (non-hydrogen) atoms. The Morgan fingerprint density at radius 3 is 1.76 bits per heavy atom. The van der Waals surface area contributed by atoms with Crippen LogP contribution >= 0.6 is 54.0 Å². The third-order valence-corrected chi connectivity index (χ3v) is 13.8. The smallest absolute Gasteiger partial charge is 0.407 e. The van der Waals surface area contributed by atoms with Crippen LogP contribution in [0.1, 0.15) is 76.4 Å². The number of halogens is 2. The van der Waals surface area contributed by atoms with Crippen LogP contribution in [0.4, 0.5) is 24.1 Å². The molecule has 8 rings (SSSR count). The molecule has 4 atom stereocenters. The van der Waals surface area contributed by atoms with Gasteiger partial charge in [0.05, 0.1) is 43.9 Å². The minimum absolute atomic E-state index is 0. The first kappa shape index (κ1) is 55.6. The number of aromatic amines is 1. The number of alkyl halides is 2. The molecular weight excluding hydrogens is 979 g/mol. The maximum absolute atomic E-state index is 16.6. The number of nitrogens with one attached hydrogen (secondary N) is 4. The van der Waals surface area contributed by atoms with E-state index in [1.807, 2.05) is 13.8 Å². The number of amidine groups is 1. The van der Waals surface area contributed by atoms with Gasteiger partial charge in [0.15, 0.2) is 0 Å². The van der Waals surface area contributed by atoms with Crippen molar-refractivity contribution in [3.63, 3.8) is 0 Å². The molecule has 4 heterocycles. The number of amides is 4. The Bertz CT molecular complexity index is 2700. The van der Waals surface area contributed by atoms with Crippen LogP contribution in [0.5, 0.6) is 0 Å². The minimum atomic E-state index is -4.21. The minimum Gasteiger partial charge on any atom is -0.453 e. The van der Waals surface area contributed by atoms with Crippen molar-refractivity contribution in [1.82, 2.24) is 30.4 Å². The van der Waals surface area contributed by atoms with Gasteiger partial charge in [0, 0.05) is 29.8 Å². The molecule has 16 nitrogen and oxygen atoms in total. The van der Waals surface area contributed by atoms with Crippen LogP contribution in [0.25, 0.3) is 33.5 Å². The van der Waals surface area contributed by atoms with Gasteiger partial charge in [0.2, 0.25) is 11.8 Å². The fraction of sp³-hybridized carbons (Fsp3) is 0.422. The largest absolute Gasteiger partial charge is 0.453 e. The average Bonchev–Trinajstić information content (AvgIpc) is 4.10. The predicted molar refractivity (Wildman–Crippen MR) is 274 cm³/mol. The molecule has 1 aromatic heterocycles. The number of ether oxygens (including phenoxy) is 2. The zero-order chi connectivity index (χ0) is 45.8. The van der Waals surface area contributed by atoms with E-state index >= 15 is 8.78 Å². The van der Waals surface area contributed by atoms with Crippen molar-refractivity contribution in [2.75, 3.05) is 32.6 Å². The van der Waals surface area contributed by atoms with E-state index < -0.39 is 58.2 Å². The number of likely N-dealkylation sites (tertiary alicyclic amines) is 2. The fourth-order valence-electron chi connectivity index (χ4n) is 9.12. The Labute approximate surface area is 422 Å². The number of anilines is 1. The molecule has 23 heteroatoms. The molecule has 4 N–H and O–H groups in total. The van der Waals surface area contributed by atoms with Crippen molar-refractivity contribution in [2.24, 2.45) is 16.2 Å². The first-order valence-corrected chi connectivity index (χ1v) is 22.7. The summed E-state index contributed by atoms with van der Waals surface area (Å²) in [5, 5.41) is 8.34. The van der Waals surface area contributed by atoms with Gasteiger partial charge in [-0.3, -0.25) is 9.59 Å². The Balaban J connectivity index is 0.00000252. The van der Waals surface area contributed by atoms with Crippen LogP contribution in [-0.2, 0) is 35.0 Å². The molecule has 0 unspecified atom stereocenters. The molecule has 4 amide bonds. The first-order chi connectivity index (χ1) is 30.4. The van der Waals surface area contributed by atoms with E-state index in [1.165, 1.54) is 37.3 Å². The van der Waals surface area contributed by atoms with E-state index in [-0.39, 0.29) is 99.3 Å². The van der Waals surface area contributed by atoms with Crippen LogP contribution < -0.4 is 16.0 Å². The van der Waals surface area contributed by atoms with E-state index in [4.69, 9.17) is 9.47 Å². The van der Waals surface area contributed by atoms with Crippen molar-refractivity contribution in [1.29, 1.82) is 0 Å². The van der Waals surface area contributed by atoms with Gasteiger partial charge >= 0.3 is 12.2 Å². The highest BCUT2D eigenvalue weighted by Gasteiger charge is 2.46. The zero-order valence-electron chi connectivity index (χ0n) is 38.2. The van der Waals surface area contributed by atoms with Crippen LogP contribution in [-0.4, -0.2) is 103 Å². The lowest BCUT2D eigenvalue weighted by atomic mass is 9.98. The van der Waals surface area contributed by atoms with Crippen molar-refractivity contribution >= 4 is 99.5 Å². The third kappa shape index (κ3) is 10.3. The van der Waals surface area contributed by atoms with Gasteiger partial charge in [-0.25, -0.2) is 14.6 Å². The summed E-state index contributed by atoms with van der Waals surface area (Å²) >= 11 is 0. The van der Waals surface area contributed by atoms with Gasteiger partial charge in [0.1, 0.15) is 28.6 Å². The lowest BCUT2D eigenvalue weighted by molar-refractivity contribution is -0.135. The number of H-pyrrole nitrogens is 1. The molecule has 2 saturated heterocycles. The Morgan fingerprint density at radius 2 is 1.22 bits per heavy atom. The monoisotopic (exact) mass is 1040 g/mol. The van der Waals surface area contributed by atoms with Crippen LogP contribution in [0, 0.1) is 11.8 Å². The summed E-state index contributed by atoms with van der Waals surface area (Å²) in [5.74, 6) is -4.00. The summed E-state index contributed by atoms with van der Waals surface area (Å²) < 4.78 is 73.8. The molecular formula is C45H58F2N8O8S5. The normalized spacial score (nSPS) is 18.9. The molecule has 1 aliphatic carbocycles. The van der Waals surface area contributed by atoms with Gasteiger partial charge in [0.25, 0.3) is 15.9 Å². The third-order valence-electron chi connectivity index (χ3n) is 12.5. The van der Waals surface area contributed by atoms with Crippen LogP contribution in [0.3, 0.4) is 0 Å². The lowest BCUT2D eigenvalue weighted by Gasteiger charge is -2.32. The highest BCUT2D eigenvalue weighted by Crippen LogP contribution is 2.53. The number of imidazole rings is 1. The highest BCUT2D eigenvalue weighted by molar-refractivity contribution is 7.90. The number of fused-ring (bicyclic) bond motifs is 4. The lowest BCUT2D eigenvalue weighted by Crippen LogP contribution is -2.54. The zero-order valence-corrected chi connectivity index (χ0v) is 43.0. The van der Waals surface area contributed by atoms with Crippen molar-refractivity contribution < 1.29 is 45.9 Å². The molecule has 3 aromatic carbocycles. The van der Waals surface area contributed by atoms with E-state index in [0.29, 0.717) is 71.7 Å². The van der Waals surface area contributed by atoms with Crippen molar-refractivity contribution in [2.45, 2.75) is 88.4 Å². The molecule has 370 valence electrons. The molecule has 4 aromatic rings. The van der Waals surface area contributed by atoms with E-state index in [0.717, 1.165) is 6.42 Å². The standard InChI is InChI=1S/C45H50F2N8O8S.4H2S/c1-23(2)37(51-43(58)62-5)41(56)54-17-7-9-34(54)39-48-22-33(50-39)27-12-15-29-28-14-11-25(19-30(28)45(46,47)31(29)20-27)26-13-16-36-32(21-26)49-40(53-64(36,60)61)35-10-8-18-55(35)42(57)38(24(3)4)52-44(59)63-6;;;;/h11-16,19-24,34-35,37-38H,7-10,17-18H2,1-6H3,(H,48,50)(H,49,53)(H,51,58)(H,52,59);4*1H2/t34-,35-,37-,38-;;;;/m0..../s1. The van der Waals surface area contributed by atoms with Crippen molar-refractivity contribution in [3.8, 4) is 33.5 Å².